The highest BCUT2D eigenvalue weighted by molar-refractivity contribution is 6.30. The molecular weight excluding hydrogens is 230 g/mol. The zero-order valence-electron chi connectivity index (χ0n) is 9.41. The van der Waals surface area contributed by atoms with Crippen LogP contribution >= 0.6 is 11.6 Å². The fourth-order valence-electron chi connectivity index (χ4n) is 1.77. The summed E-state index contributed by atoms with van der Waals surface area (Å²) in [6.45, 7) is 3.51. The SMILES string of the molecule is CC(Cl)C(=O)NC1CCN(CC(N)=O)CC1. The summed E-state index contributed by atoms with van der Waals surface area (Å²) < 4.78 is 0. The largest absolute Gasteiger partial charge is 0.369 e. The highest BCUT2D eigenvalue weighted by Gasteiger charge is 2.22. The Bertz CT molecular complexity index is 263. The van der Waals surface area contributed by atoms with Gasteiger partial charge in [0.1, 0.15) is 5.38 Å². The normalized spacial score (nSPS) is 20.4. The standard InChI is InChI=1S/C10H18ClN3O2/c1-7(11)10(16)13-8-2-4-14(5-3-8)6-9(12)15/h7-8H,2-6H2,1H3,(H2,12,15)(H,13,16). The Kier molecular flexibility index (Phi) is 5.02. The molecule has 1 unspecified atom stereocenters. The molecule has 1 aliphatic heterocycles. The lowest BCUT2D eigenvalue weighted by atomic mass is 10.0. The fraction of sp³-hybridized carbons (Fsp3) is 0.800. The van der Waals surface area contributed by atoms with Crippen LogP contribution in [0.5, 0.6) is 0 Å². The first-order chi connectivity index (χ1) is 7.49. The van der Waals surface area contributed by atoms with E-state index in [-0.39, 0.29) is 17.9 Å². The smallest absolute Gasteiger partial charge is 0.237 e. The number of nitrogens with two attached hydrogens (primary N) is 1. The first-order valence-electron chi connectivity index (χ1n) is 5.44. The number of piperidine rings is 1. The Morgan fingerprint density at radius 3 is 2.50 bits per heavy atom. The molecule has 1 atom stereocenters. The monoisotopic (exact) mass is 247 g/mol. The van der Waals surface area contributed by atoms with Gasteiger partial charge in [0.2, 0.25) is 11.8 Å². The summed E-state index contributed by atoms with van der Waals surface area (Å²) in [5.74, 6) is -0.438. The van der Waals surface area contributed by atoms with Gasteiger partial charge in [-0.05, 0) is 19.8 Å². The van der Waals surface area contributed by atoms with Gasteiger partial charge in [0.25, 0.3) is 0 Å². The lowest BCUT2D eigenvalue weighted by molar-refractivity contribution is -0.122. The maximum Gasteiger partial charge on any atom is 0.237 e. The topological polar surface area (TPSA) is 75.4 Å². The number of rotatable bonds is 4. The van der Waals surface area contributed by atoms with Gasteiger partial charge in [-0.3, -0.25) is 14.5 Å². The molecule has 0 radical (unpaired) electrons. The average molecular weight is 248 g/mol. The summed E-state index contributed by atoms with van der Waals surface area (Å²) in [6, 6.07) is 0.165. The van der Waals surface area contributed by atoms with Gasteiger partial charge < -0.3 is 11.1 Å². The predicted octanol–water partition coefficient (Wildman–Crippen LogP) is -0.320. The fourth-order valence-corrected chi connectivity index (χ4v) is 1.83. The van der Waals surface area contributed by atoms with E-state index < -0.39 is 5.38 Å². The third kappa shape index (κ3) is 4.37. The second-order valence-electron chi connectivity index (χ2n) is 4.14. The number of carbonyl (C=O) groups is 2. The molecular formula is C10H18ClN3O2. The van der Waals surface area contributed by atoms with Crippen molar-refractivity contribution in [3.8, 4) is 0 Å². The Balaban J connectivity index is 2.27. The van der Waals surface area contributed by atoms with Crippen molar-refractivity contribution in [2.45, 2.75) is 31.2 Å². The number of likely N-dealkylation sites (tertiary alicyclic amines) is 1. The first-order valence-corrected chi connectivity index (χ1v) is 5.88. The van der Waals surface area contributed by atoms with Crippen molar-refractivity contribution in [3.05, 3.63) is 0 Å². The van der Waals surface area contributed by atoms with Gasteiger partial charge in [-0.25, -0.2) is 0 Å². The first kappa shape index (κ1) is 13.3. The molecule has 0 saturated carbocycles. The third-order valence-corrected chi connectivity index (χ3v) is 2.87. The number of alkyl halides is 1. The minimum absolute atomic E-state index is 0.130. The van der Waals surface area contributed by atoms with Gasteiger partial charge in [0.15, 0.2) is 0 Å². The van der Waals surface area contributed by atoms with Crippen molar-refractivity contribution >= 4 is 23.4 Å². The van der Waals surface area contributed by atoms with E-state index in [2.05, 4.69) is 5.32 Å². The second kappa shape index (κ2) is 6.06. The highest BCUT2D eigenvalue weighted by Crippen LogP contribution is 2.10. The van der Waals surface area contributed by atoms with Crippen LogP contribution in [-0.2, 0) is 9.59 Å². The Morgan fingerprint density at radius 2 is 2.06 bits per heavy atom. The maximum absolute atomic E-state index is 11.3. The number of halogens is 1. The van der Waals surface area contributed by atoms with Crippen LogP contribution in [0.15, 0.2) is 0 Å². The molecule has 1 fully saturated rings. The van der Waals surface area contributed by atoms with Crippen molar-refractivity contribution in [3.63, 3.8) is 0 Å². The van der Waals surface area contributed by atoms with Crippen LogP contribution in [0, 0.1) is 0 Å². The molecule has 0 aromatic carbocycles. The summed E-state index contributed by atoms with van der Waals surface area (Å²) >= 11 is 5.66. The van der Waals surface area contributed by atoms with Crippen molar-refractivity contribution in [1.29, 1.82) is 0 Å². The van der Waals surface area contributed by atoms with Crippen LogP contribution in [0.2, 0.25) is 0 Å². The number of nitrogens with zero attached hydrogens (tertiary/aromatic N) is 1. The molecule has 6 heteroatoms. The molecule has 1 heterocycles. The zero-order chi connectivity index (χ0) is 12.1. The van der Waals surface area contributed by atoms with Crippen molar-refractivity contribution in [1.82, 2.24) is 10.2 Å². The molecule has 1 saturated heterocycles. The summed E-state index contributed by atoms with van der Waals surface area (Å²) in [5, 5.41) is 2.38. The van der Waals surface area contributed by atoms with Crippen LogP contribution < -0.4 is 11.1 Å². The lowest BCUT2D eigenvalue weighted by Gasteiger charge is -2.31. The molecule has 92 valence electrons. The molecule has 0 aromatic heterocycles. The van der Waals surface area contributed by atoms with E-state index >= 15 is 0 Å². The number of hydrogen-bond donors (Lipinski definition) is 2. The van der Waals surface area contributed by atoms with Gasteiger partial charge in [-0.15, -0.1) is 11.6 Å². The molecule has 0 aromatic rings. The summed E-state index contributed by atoms with van der Waals surface area (Å²) in [7, 11) is 0. The predicted molar refractivity (Wildman–Crippen MR) is 62.1 cm³/mol. The Hall–Kier alpha value is -0.810. The molecule has 5 nitrogen and oxygen atoms in total. The highest BCUT2D eigenvalue weighted by atomic mass is 35.5. The minimum Gasteiger partial charge on any atom is -0.369 e. The summed E-state index contributed by atoms with van der Waals surface area (Å²) in [4.78, 5) is 24.0. The van der Waals surface area contributed by atoms with Crippen LogP contribution in [-0.4, -0.2) is 47.8 Å². The summed E-state index contributed by atoms with van der Waals surface area (Å²) in [5.41, 5.74) is 5.11. The maximum atomic E-state index is 11.3. The molecule has 2 amide bonds. The van der Waals surface area contributed by atoms with E-state index in [1.54, 1.807) is 6.92 Å². The van der Waals surface area contributed by atoms with E-state index in [4.69, 9.17) is 17.3 Å². The van der Waals surface area contributed by atoms with Crippen molar-refractivity contribution in [2.24, 2.45) is 5.73 Å². The number of primary amides is 1. The Labute approximate surface area is 100 Å². The van der Waals surface area contributed by atoms with Gasteiger partial charge >= 0.3 is 0 Å². The molecule has 1 rings (SSSR count). The molecule has 0 bridgehead atoms. The van der Waals surface area contributed by atoms with Gasteiger partial charge in [-0.1, -0.05) is 0 Å². The lowest BCUT2D eigenvalue weighted by Crippen LogP contribution is -2.47. The molecule has 0 aliphatic carbocycles. The summed E-state index contributed by atoms with van der Waals surface area (Å²) in [6.07, 6.45) is 1.67. The molecule has 0 spiro atoms. The van der Waals surface area contributed by atoms with Crippen LogP contribution in [0.3, 0.4) is 0 Å². The zero-order valence-corrected chi connectivity index (χ0v) is 10.2. The quantitative estimate of drug-likeness (QED) is 0.669. The van der Waals surface area contributed by atoms with Gasteiger partial charge in [-0.2, -0.15) is 0 Å². The van der Waals surface area contributed by atoms with E-state index in [9.17, 15) is 9.59 Å². The van der Waals surface area contributed by atoms with Crippen LogP contribution in [0.25, 0.3) is 0 Å². The Morgan fingerprint density at radius 1 is 1.50 bits per heavy atom. The third-order valence-electron chi connectivity index (χ3n) is 2.67. The number of nitrogens with one attached hydrogen (secondary N) is 1. The molecule has 16 heavy (non-hydrogen) atoms. The van der Waals surface area contributed by atoms with Crippen molar-refractivity contribution in [2.75, 3.05) is 19.6 Å². The van der Waals surface area contributed by atoms with Crippen molar-refractivity contribution < 1.29 is 9.59 Å². The number of hydrogen-bond acceptors (Lipinski definition) is 3. The van der Waals surface area contributed by atoms with Gasteiger partial charge in [0.05, 0.1) is 6.54 Å². The number of amides is 2. The van der Waals surface area contributed by atoms with Crippen LogP contribution in [0.4, 0.5) is 0 Å². The molecule has 3 N–H and O–H groups in total. The van der Waals surface area contributed by atoms with Gasteiger partial charge in [0, 0.05) is 19.1 Å². The average Bonchev–Trinajstić information content (AvgIpc) is 2.20. The number of carbonyl (C=O) groups excluding carboxylic acids is 2. The van der Waals surface area contributed by atoms with E-state index in [1.807, 2.05) is 4.90 Å². The van der Waals surface area contributed by atoms with E-state index in [1.165, 1.54) is 0 Å². The minimum atomic E-state index is -0.497. The second-order valence-corrected chi connectivity index (χ2v) is 4.80. The molecule has 1 aliphatic rings. The van der Waals surface area contributed by atoms with E-state index in [0.29, 0.717) is 6.54 Å². The van der Waals surface area contributed by atoms with E-state index in [0.717, 1.165) is 25.9 Å². The van der Waals surface area contributed by atoms with Crippen LogP contribution in [0.1, 0.15) is 19.8 Å².